The first-order valence-corrected chi connectivity index (χ1v) is 12.3. The zero-order chi connectivity index (χ0) is 27.0. The number of fused-ring (bicyclic) bond motifs is 1. The number of carbonyl (C=O) groups is 1. The van der Waals surface area contributed by atoms with Gasteiger partial charge in [0.2, 0.25) is 0 Å². The van der Waals surface area contributed by atoms with Crippen LogP contribution in [0.25, 0.3) is 16.9 Å². The summed E-state index contributed by atoms with van der Waals surface area (Å²) in [5.41, 5.74) is 6.01. The van der Waals surface area contributed by atoms with E-state index in [1.54, 1.807) is 45.0 Å². The second-order valence-corrected chi connectivity index (χ2v) is 10.1. The number of alkyl halides is 1. The van der Waals surface area contributed by atoms with Gasteiger partial charge in [-0.15, -0.1) is 0 Å². The van der Waals surface area contributed by atoms with Gasteiger partial charge in [-0.1, -0.05) is 18.2 Å². The lowest BCUT2D eigenvalue weighted by Gasteiger charge is -2.35. The molecule has 4 aromatic rings. The summed E-state index contributed by atoms with van der Waals surface area (Å²) in [6.07, 6.45) is -0.658. The minimum Gasteiger partial charge on any atom is -0.457 e. The van der Waals surface area contributed by atoms with Crippen LogP contribution in [0.3, 0.4) is 0 Å². The summed E-state index contributed by atoms with van der Waals surface area (Å²) in [4.78, 5) is 35.9. The van der Waals surface area contributed by atoms with Gasteiger partial charge >= 0.3 is 11.8 Å². The van der Waals surface area contributed by atoms with Crippen LogP contribution in [-0.4, -0.2) is 55.0 Å². The molecule has 2 atom stereocenters. The van der Waals surface area contributed by atoms with Crippen molar-refractivity contribution in [1.82, 2.24) is 24.0 Å². The molecule has 0 unspecified atom stereocenters. The zero-order valence-electron chi connectivity index (χ0n) is 21.4. The van der Waals surface area contributed by atoms with Gasteiger partial charge in [-0.3, -0.25) is 9.13 Å². The van der Waals surface area contributed by atoms with E-state index in [2.05, 4.69) is 9.97 Å². The minimum absolute atomic E-state index is 0.0945. The van der Waals surface area contributed by atoms with Gasteiger partial charge in [0.05, 0.1) is 18.3 Å². The van der Waals surface area contributed by atoms with Gasteiger partial charge in [0, 0.05) is 6.54 Å². The molecule has 1 fully saturated rings. The number of hydrogen-bond donors (Lipinski definition) is 1. The van der Waals surface area contributed by atoms with E-state index in [0.717, 1.165) is 0 Å². The predicted octanol–water partition coefficient (Wildman–Crippen LogP) is 4.48. The highest BCUT2D eigenvalue weighted by Crippen LogP contribution is 2.31. The molecule has 11 heteroatoms. The maximum absolute atomic E-state index is 15.5. The molecule has 1 saturated heterocycles. The van der Waals surface area contributed by atoms with Crippen LogP contribution in [0, 0.1) is 0 Å². The van der Waals surface area contributed by atoms with Crippen LogP contribution in [0.4, 0.5) is 15.0 Å². The lowest BCUT2D eigenvalue weighted by molar-refractivity contribution is 0.00677. The van der Waals surface area contributed by atoms with Crippen LogP contribution in [0.15, 0.2) is 65.7 Å². The van der Waals surface area contributed by atoms with Crippen molar-refractivity contribution in [3.8, 4) is 17.2 Å². The van der Waals surface area contributed by atoms with Crippen molar-refractivity contribution in [2.45, 2.75) is 45.0 Å². The molecule has 2 aromatic carbocycles. The smallest absolute Gasteiger partial charge is 0.410 e. The first-order valence-electron chi connectivity index (χ1n) is 12.3. The summed E-state index contributed by atoms with van der Waals surface area (Å²) in [6.45, 7) is 5.28. The third kappa shape index (κ3) is 4.91. The molecule has 198 valence electrons. The largest absolute Gasteiger partial charge is 0.457 e. The van der Waals surface area contributed by atoms with Crippen LogP contribution < -0.4 is 16.2 Å². The second kappa shape index (κ2) is 9.81. The van der Waals surface area contributed by atoms with Crippen molar-refractivity contribution in [1.29, 1.82) is 0 Å². The number of hydrogen-bond acceptors (Lipinski definition) is 7. The standard InChI is InChI=1S/C27H29FN6O4/c1-27(2,3)38-26(36)32-14-13-21(20(28)15-32)34-24-22(23(29)30-16-31-24)33(25(34)35)17-9-11-19(12-10-17)37-18-7-5-4-6-8-18/h4-12,16,20-21H,13-15H2,1-3H3,(H2,29,30,31)/t20-,21+/m0/s1. The van der Waals surface area contributed by atoms with Crippen LogP contribution in [0.2, 0.25) is 0 Å². The summed E-state index contributed by atoms with van der Waals surface area (Å²) < 4.78 is 29.5. The van der Waals surface area contributed by atoms with Crippen molar-refractivity contribution in [2.75, 3.05) is 18.8 Å². The Balaban J connectivity index is 1.48. The fourth-order valence-corrected chi connectivity index (χ4v) is 4.57. The number of carbonyl (C=O) groups excluding carboxylic acids is 1. The average Bonchev–Trinajstić information content (AvgIpc) is 3.17. The van der Waals surface area contributed by atoms with Crippen LogP contribution >= 0.6 is 0 Å². The number of amides is 1. The number of likely N-dealkylation sites (tertiary alicyclic amines) is 1. The van der Waals surface area contributed by atoms with Gasteiger partial charge in [0.25, 0.3) is 0 Å². The highest BCUT2D eigenvalue weighted by atomic mass is 19.1. The SMILES string of the molecule is CC(C)(C)OC(=O)N1CC[C@@H](n2c(=O)n(-c3ccc(Oc4ccccc4)cc3)c3c(N)ncnc32)[C@@H](F)C1. The van der Waals surface area contributed by atoms with Crippen LogP contribution in [-0.2, 0) is 4.74 Å². The quantitative estimate of drug-likeness (QED) is 0.422. The van der Waals surface area contributed by atoms with Crippen molar-refractivity contribution in [2.24, 2.45) is 0 Å². The molecule has 3 heterocycles. The highest BCUT2D eigenvalue weighted by molar-refractivity contribution is 5.84. The Bertz CT molecular complexity index is 1510. The summed E-state index contributed by atoms with van der Waals surface area (Å²) in [5, 5.41) is 0. The van der Waals surface area contributed by atoms with Gasteiger partial charge in [0.15, 0.2) is 11.5 Å². The molecule has 2 aromatic heterocycles. The monoisotopic (exact) mass is 520 g/mol. The van der Waals surface area contributed by atoms with E-state index < -0.39 is 29.6 Å². The number of anilines is 1. The Kier molecular flexibility index (Phi) is 6.52. The van der Waals surface area contributed by atoms with E-state index in [0.29, 0.717) is 17.2 Å². The summed E-state index contributed by atoms with van der Waals surface area (Å²) >= 11 is 0. The fraction of sp³-hybridized carbons (Fsp3) is 0.333. The minimum atomic E-state index is -1.52. The summed E-state index contributed by atoms with van der Waals surface area (Å²) in [5.74, 6) is 1.36. The molecule has 1 amide bonds. The number of nitrogens with two attached hydrogens (primary N) is 1. The van der Waals surface area contributed by atoms with Crippen molar-refractivity contribution < 1.29 is 18.7 Å². The molecule has 38 heavy (non-hydrogen) atoms. The maximum atomic E-state index is 15.5. The van der Waals surface area contributed by atoms with E-state index >= 15 is 4.39 Å². The number of nitrogens with zero attached hydrogens (tertiary/aromatic N) is 5. The zero-order valence-corrected chi connectivity index (χ0v) is 21.4. The third-order valence-electron chi connectivity index (χ3n) is 6.24. The van der Waals surface area contributed by atoms with Crippen LogP contribution in [0.5, 0.6) is 11.5 Å². The first-order chi connectivity index (χ1) is 18.1. The van der Waals surface area contributed by atoms with Crippen molar-refractivity contribution in [3.63, 3.8) is 0 Å². The number of rotatable bonds is 4. The van der Waals surface area contributed by atoms with E-state index in [9.17, 15) is 9.59 Å². The number of para-hydroxylation sites is 1. The van der Waals surface area contributed by atoms with E-state index in [1.165, 1.54) is 20.4 Å². The number of nitrogen functional groups attached to an aromatic ring is 1. The number of piperidine rings is 1. The molecule has 0 radical (unpaired) electrons. The topological polar surface area (TPSA) is 118 Å². The lowest BCUT2D eigenvalue weighted by atomic mass is 10.0. The van der Waals surface area contributed by atoms with Gasteiger partial charge in [-0.2, -0.15) is 0 Å². The molecule has 2 N–H and O–H groups in total. The Morgan fingerprint density at radius 2 is 1.74 bits per heavy atom. The summed E-state index contributed by atoms with van der Waals surface area (Å²) in [7, 11) is 0. The van der Waals surface area contributed by atoms with Gasteiger partial charge in [-0.05, 0) is 63.6 Å². The van der Waals surface area contributed by atoms with Gasteiger partial charge in [0.1, 0.15) is 35.1 Å². The number of aromatic nitrogens is 4. The number of ether oxygens (including phenoxy) is 2. The van der Waals surface area contributed by atoms with E-state index in [-0.39, 0.29) is 36.5 Å². The number of halogens is 1. The lowest BCUT2D eigenvalue weighted by Crippen LogP contribution is -2.48. The highest BCUT2D eigenvalue weighted by Gasteiger charge is 2.37. The van der Waals surface area contributed by atoms with E-state index in [1.807, 2.05) is 30.3 Å². The van der Waals surface area contributed by atoms with Crippen molar-refractivity contribution >= 4 is 23.1 Å². The molecule has 5 rings (SSSR count). The Morgan fingerprint density at radius 3 is 2.39 bits per heavy atom. The molecular weight excluding hydrogens is 491 g/mol. The fourth-order valence-electron chi connectivity index (χ4n) is 4.57. The molecule has 0 aliphatic carbocycles. The molecule has 0 bridgehead atoms. The average molecular weight is 521 g/mol. The first kappa shape index (κ1) is 25.2. The number of benzene rings is 2. The van der Waals surface area contributed by atoms with Gasteiger partial charge in [-0.25, -0.2) is 23.9 Å². The molecular formula is C27H29FN6O4. The molecule has 0 saturated carbocycles. The van der Waals surface area contributed by atoms with Gasteiger partial charge < -0.3 is 20.1 Å². The normalized spacial score (nSPS) is 17.9. The molecule has 1 aliphatic heterocycles. The Hall–Kier alpha value is -4.41. The number of imidazole rings is 1. The van der Waals surface area contributed by atoms with E-state index in [4.69, 9.17) is 15.2 Å². The Morgan fingerprint density at radius 1 is 1.05 bits per heavy atom. The molecule has 0 spiro atoms. The molecule has 1 aliphatic rings. The second-order valence-electron chi connectivity index (χ2n) is 10.1. The Labute approximate surface area is 218 Å². The predicted molar refractivity (Wildman–Crippen MR) is 140 cm³/mol. The van der Waals surface area contributed by atoms with Crippen molar-refractivity contribution in [3.05, 3.63) is 71.4 Å². The third-order valence-corrected chi connectivity index (χ3v) is 6.24. The summed E-state index contributed by atoms with van der Waals surface area (Å²) in [6, 6.07) is 15.4. The van der Waals surface area contributed by atoms with Crippen LogP contribution in [0.1, 0.15) is 33.2 Å². The maximum Gasteiger partial charge on any atom is 0.410 e. The molecule has 10 nitrogen and oxygen atoms in total.